The Morgan fingerprint density at radius 3 is 2.43 bits per heavy atom. The lowest BCUT2D eigenvalue weighted by molar-refractivity contribution is 0.472. The molecule has 14 heavy (non-hydrogen) atoms. The summed E-state index contributed by atoms with van der Waals surface area (Å²) in [7, 11) is 0. The Balaban J connectivity index is 2.45. The molecule has 1 aromatic carbocycles. The number of hydrogen-bond donors (Lipinski definition) is 1. The molecule has 0 aliphatic rings. The van der Waals surface area contributed by atoms with Crippen molar-refractivity contribution in [1.29, 1.82) is 5.26 Å². The smallest absolute Gasteiger partial charge is 0.0978 e. The molecule has 1 N–H and O–H groups in total. The summed E-state index contributed by atoms with van der Waals surface area (Å²) in [5, 5.41) is 12.1. The molecule has 0 saturated carbocycles. The normalized spacial score (nSPS) is 12.4. The Kier molecular flexibility index (Phi) is 4.15. The van der Waals surface area contributed by atoms with E-state index in [2.05, 4.69) is 23.5 Å². The Morgan fingerprint density at radius 2 is 1.93 bits per heavy atom. The van der Waals surface area contributed by atoms with Crippen LogP contribution in [0.5, 0.6) is 0 Å². The van der Waals surface area contributed by atoms with Crippen molar-refractivity contribution in [3.8, 4) is 6.07 Å². The zero-order chi connectivity index (χ0) is 10.4. The van der Waals surface area contributed by atoms with E-state index in [9.17, 15) is 0 Å². The highest BCUT2D eigenvalue weighted by atomic mass is 14.9. The molecule has 2 heteroatoms. The highest BCUT2D eigenvalue weighted by Gasteiger charge is 2.10. The highest BCUT2D eigenvalue weighted by Crippen LogP contribution is 2.03. The highest BCUT2D eigenvalue weighted by molar-refractivity contribution is 5.14. The van der Waals surface area contributed by atoms with Gasteiger partial charge in [-0.15, -0.1) is 0 Å². The molecule has 0 fully saturated rings. The second-order valence-electron chi connectivity index (χ2n) is 3.72. The fourth-order valence-electron chi connectivity index (χ4n) is 1.25. The van der Waals surface area contributed by atoms with Crippen molar-refractivity contribution in [3.05, 3.63) is 35.9 Å². The molecule has 0 amide bonds. The standard InChI is InChI=1S/C12H16N2/c1-10(2)12(8-13)14-9-11-6-4-3-5-7-11/h3-7,10,12,14H,9H2,1-2H3/t12-/m0/s1. The summed E-state index contributed by atoms with van der Waals surface area (Å²) < 4.78 is 0. The second-order valence-corrected chi connectivity index (χ2v) is 3.72. The predicted molar refractivity (Wildman–Crippen MR) is 57.5 cm³/mol. The SMILES string of the molecule is CC(C)[C@H](C#N)NCc1ccccc1. The van der Waals surface area contributed by atoms with Crippen LogP contribution in [0, 0.1) is 17.2 Å². The number of hydrogen-bond acceptors (Lipinski definition) is 2. The summed E-state index contributed by atoms with van der Waals surface area (Å²) in [5.41, 5.74) is 1.22. The third-order valence-electron chi connectivity index (χ3n) is 2.17. The molecule has 0 bridgehead atoms. The zero-order valence-electron chi connectivity index (χ0n) is 8.70. The van der Waals surface area contributed by atoms with E-state index in [1.807, 2.05) is 32.0 Å². The van der Waals surface area contributed by atoms with Crippen LogP contribution in [-0.2, 0) is 6.54 Å². The van der Waals surface area contributed by atoms with Gasteiger partial charge in [-0.1, -0.05) is 44.2 Å². The summed E-state index contributed by atoms with van der Waals surface area (Å²) in [6.07, 6.45) is 0. The van der Waals surface area contributed by atoms with Crippen molar-refractivity contribution in [3.63, 3.8) is 0 Å². The van der Waals surface area contributed by atoms with Crippen molar-refractivity contribution >= 4 is 0 Å². The molecule has 0 aliphatic heterocycles. The maximum absolute atomic E-state index is 8.86. The van der Waals surface area contributed by atoms with E-state index in [0.29, 0.717) is 5.92 Å². The lowest BCUT2D eigenvalue weighted by Gasteiger charge is -2.14. The van der Waals surface area contributed by atoms with Gasteiger partial charge in [0.15, 0.2) is 0 Å². The topological polar surface area (TPSA) is 35.8 Å². The molecule has 0 heterocycles. The van der Waals surface area contributed by atoms with Gasteiger partial charge >= 0.3 is 0 Å². The molecule has 1 atom stereocenters. The third-order valence-corrected chi connectivity index (χ3v) is 2.17. The van der Waals surface area contributed by atoms with Crippen molar-refractivity contribution in [2.75, 3.05) is 0 Å². The minimum absolute atomic E-state index is 0.0600. The van der Waals surface area contributed by atoms with Crippen molar-refractivity contribution < 1.29 is 0 Å². The Bertz CT molecular complexity index is 298. The summed E-state index contributed by atoms with van der Waals surface area (Å²) in [5.74, 6) is 0.351. The molecule has 74 valence electrons. The first kappa shape index (κ1) is 10.7. The van der Waals surface area contributed by atoms with Crippen LogP contribution in [0.1, 0.15) is 19.4 Å². The third kappa shape index (κ3) is 3.20. The molecule has 1 aromatic rings. The van der Waals surface area contributed by atoms with Gasteiger partial charge in [0.25, 0.3) is 0 Å². The molecule has 1 rings (SSSR count). The van der Waals surface area contributed by atoms with E-state index < -0.39 is 0 Å². The van der Waals surface area contributed by atoms with Gasteiger partial charge in [-0.2, -0.15) is 5.26 Å². The van der Waals surface area contributed by atoms with E-state index in [4.69, 9.17) is 5.26 Å². The first-order valence-corrected chi connectivity index (χ1v) is 4.91. The number of nitrogens with one attached hydrogen (secondary N) is 1. The molecular formula is C12H16N2. The molecular weight excluding hydrogens is 172 g/mol. The van der Waals surface area contributed by atoms with E-state index in [0.717, 1.165) is 6.54 Å². The van der Waals surface area contributed by atoms with E-state index in [-0.39, 0.29) is 6.04 Å². The maximum atomic E-state index is 8.86. The Hall–Kier alpha value is -1.33. The van der Waals surface area contributed by atoms with Crippen LogP contribution < -0.4 is 5.32 Å². The fourth-order valence-corrected chi connectivity index (χ4v) is 1.25. The lowest BCUT2D eigenvalue weighted by atomic mass is 10.1. The molecule has 0 radical (unpaired) electrons. The molecule has 0 aliphatic carbocycles. The maximum Gasteiger partial charge on any atom is 0.0978 e. The van der Waals surface area contributed by atoms with Crippen LogP contribution in [0.2, 0.25) is 0 Å². The van der Waals surface area contributed by atoms with Gasteiger partial charge in [0, 0.05) is 6.54 Å². The van der Waals surface area contributed by atoms with Gasteiger partial charge in [-0.05, 0) is 11.5 Å². The van der Waals surface area contributed by atoms with Crippen LogP contribution in [0.25, 0.3) is 0 Å². The average Bonchev–Trinajstić information content (AvgIpc) is 2.20. The van der Waals surface area contributed by atoms with Gasteiger partial charge < -0.3 is 0 Å². The Morgan fingerprint density at radius 1 is 1.29 bits per heavy atom. The van der Waals surface area contributed by atoms with Crippen LogP contribution in [0.3, 0.4) is 0 Å². The van der Waals surface area contributed by atoms with E-state index in [1.54, 1.807) is 0 Å². The molecule has 0 saturated heterocycles. The second kappa shape index (κ2) is 5.41. The van der Waals surface area contributed by atoms with Gasteiger partial charge in [0.05, 0.1) is 12.1 Å². The Labute approximate surface area is 85.6 Å². The first-order valence-electron chi connectivity index (χ1n) is 4.91. The monoisotopic (exact) mass is 188 g/mol. The van der Waals surface area contributed by atoms with Crippen LogP contribution in [0.15, 0.2) is 30.3 Å². The summed E-state index contributed by atoms with van der Waals surface area (Å²) >= 11 is 0. The van der Waals surface area contributed by atoms with Gasteiger partial charge in [0.1, 0.15) is 0 Å². The molecule has 0 unspecified atom stereocenters. The lowest BCUT2D eigenvalue weighted by Crippen LogP contribution is -2.31. The van der Waals surface area contributed by atoms with E-state index in [1.165, 1.54) is 5.56 Å². The summed E-state index contributed by atoms with van der Waals surface area (Å²) in [4.78, 5) is 0. The first-order chi connectivity index (χ1) is 6.74. The van der Waals surface area contributed by atoms with E-state index >= 15 is 0 Å². The minimum atomic E-state index is -0.0600. The largest absolute Gasteiger partial charge is 0.298 e. The molecule has 2 nitrogen and oxygen atoms in total. The van der Waals surface area contributed by atoms with Gasteiger partial charge in [0.2, 0.25) is 0 Å². The van der Waals surface area contributed by atoms with Crippen molar-refractivity contribution in [1.82, 2.24) is 5.32 Å². The fraction of sp³-hybridized carbons (Fsp3) is 0.417. The number of rotatable bonds is 4. The number of nitriles is 1. The van der Waals surface area contributed by atoms with Gasteiger partial charge in [-0.3, -0.25) is 5.32 Å². The van der Waals surface area contributed by atoms with Crippen LogP contribution in [-0.4, -0.2) is 6.04 Å². The molecule has 0 spiro atoms. The number of nitrogens with zero attached hydrogens (tertiary/aromatic N) is 1. The predicted octanol–water partition coefficient (Wildman–Crippen LogP) is 2.32. The summed E-state index contributed by atoms with van der Waals surface area (Å²) in [6, 6.07) is 12.3. The quantitative estimate of drug-likeness (QED) is 0.787. The minimum Gasteiger partial charge on any atom is -0.298 e. The average molecular weight is 188 g/mol. The zero-order valence-corrected chi connectivity index (χ0v) is 8.70. The van der Waals surface area contributed by atoms with Crippen molar-refractivity contribution in [2.45, 2.75) is 26.4 Å². The van der Waals surface area contributed by atoms with Gasteiger partial charge in [-0.25, -0.2) is 0 Å². The van der Waals surface area contributed by atoms with Crippen LogP contribution >= 0.6 is 0 Å². The van der Waals surface area contributed by atoms with Crippen LogP contribution in [0.4, 0.5) is 0 Å². The molecule has 0 aromatic heterocycles. The van der Waals surface area contributed by atoms with Crippen molar-refractivity contribution in [2.24, 2.45) is 5.92 Å². The summed E-state index contributed by atoms with van der Waals surface area (Å²) in [6.45, 7) is 4.86. The number of benzene rings is 1.